The highest BCUT2D eigenvalue weighted by molar-refractivity contribution is 5.06. The molecule has 0 heteroatoms. The van der Waals surface area contributed by atoms with Crippen LogP contribution in [-0.4, -0.2) is 0 Å². The van der Waals surface area contributed by atoms with E-state index in [1.807, 2.05) is 0 Å². The molecule has 4 aliphatic rings. The highest BCUT2D eigenvalue weighted by atomic mass is 14.6. The van der Waals surface area contributed by atoms with Crippen LogP contribution in [-0.2, 0) is 0 Å². The largest absolute Gasteiger partial charge is 0.0625 e. The Bertz CT molecular complexity index is 333. The lowest BCUT2D eigenvalue weighted by Gasteiger charge is -2.53. The molecular formula is C18H30. The molecule has 4 fully saturated rings. The summed E-state index contributed by atoms with van der Waals surface area (Å²) in [4.78, 5) is 0. The Morgan fingerprint density at radius 3 is 2.28 bits per heavy atom. The molecule has 9 atom stereocenters. The molecule has 0 aliphatic heterocycles. The third kappa shape index (κ3) is 1.44. The molecule has 18 heavy (non-hydrogen) atoms. The number of fused-ring (bicyclic) bond motifs is 5. The molecule has 0 bridgehead atoms. The zero-order valence-corrected chi connectivity index (χ0v) is 12.4. The molecule has 0 amide bonds. The molecule has 0 aromatic carbocycles. The standard InChI is InChI=1S/C18H30/c1-10-7-13-9-17-15(16(13)8-10)6-4-5-14-11(2)12(3)18(14)17/h10-18H,4-9H2,1-3H3/t10?,11-,12?,13?,14?,15?,16?,17?,18?/m1/s1. The van der Waals surface area contributed by atoms with Gasteiger partial charge in [-0.15, -0.1) is 0 Å². The molecule has 0 nitrogen and oxygen atoms in total. The molecule has 4 aliphatic carbocycles. The minimum Gasteiger partial charge on any atom is -0.0625 e. The van der Waals surface area contributed by atoms with E-state index in [-0.39, 0.29) is 0 Å². The average Bonchev–Trinajstić information content (AvgIpc) is 2.79. The van der Waals surface area contributed by atoms with Gasteiger partial charge in [0.05, 0.1) is 0 Å². The van der Waals surface area contributed by atoms with E-state index in [4.69, 9.17) is 0 Å². The van der Waals surface area contributed by atoms with E-state index in [9.17, 15) is 0 Å². The molecule has 8 unspecified atom stereocenters. The summed E-state index contributed by atoms with van der Waals surface area (Å²) >= 11 is 0. The minimum absolute atomic E-state index is 1.04. The second kappa shape index (κ2) is 4.00. The van der Waals surface area contributed by atoms with E-state index in [1.54, 1.807) is 38.5 Å². The van der Waals surface area contributed by atoms with Crippen LogP contribution in [0.3, 0.4) is 0 Å². The quantitative estimate of drug-likeness (QED) is 0.565. The van der Waals surface area contributed by atoms with Crippen LogP contribution in [0.4, 0.5) is 0 Å². The molecule has 4 rings (SSSR count). The van der Waals surface area contributed by atoms with Gasteiger partial charge in [0.1, 0.15) is 0 Å². The van der Waals surface area contributed by atoms with E-state index in [0.29, 0.717) is 0 Å². The lowest BCUT2D eigenvalue weighted by atomic mass is 9.52. The molecule has 0 spiro atoms. The van der Waals surface area contributed by atoms with Crippen LogP contribution in [0.25, 0.3) is 0 Å². The summed E-state index contributed by atoms with van der Waals surface area (Å²) in [6.45, 7) is 7.59. The third-order valence-corrected chi connectivity index (χ3v) is 7.84. The molecular weight excluding hydrogens is 216 g/mol. The van der Waals surface area contributed by atoms with Crippen molar-refractivity contribution >= 4 is 0 Å². The Labute approximate surface area is 113 Å². The lowest BCUT2D eigenvalue weighted by molar-refractivity contribution is -0.0466. The van der Waals surface area contributed by atoms with Crippen molar-refractivity contribution < 1.29 is 0 Å². The third-order valence-electron chi connectivity index (χ3n) is 7.84. The summed E-state index contributed by atoms with van der Waals surface area (Å²) in [6.07, 6.45) is 9.47. The summed E-state index contributed by atoms with van der Waals surface area (Å²) in [5.74, 6) is 9.93. The van der Waals surface area contributed by atoms with Crippen molar-refractivity contribution in [3.63, 3.8) is 0 Å². The zero-order chi connectivity index (χ0) is 12.4. The first-order valence-electron chi connectivity index (χ1n) is 8.66. The summed E-state index contributed by atoms with van der Waals surface area (Å²) in [5, 5.41) is 0. The predicted molar refractivity (Wildman–Crippen MR) is 76.1 cm³/mol. The van der Waals surface area contributed by atoms with Crippen LogP contribution >= 0.6 is 0 Å². The van der Waals surface area contributed by atoms with Gasteiger partial charge in [-0.25, -0.2) is 0 Å². The fraction of sp³-hybridized carbons (Fsp3) is 1.00. The highest BCUT2D eigenvalue weighted by Gasteiger charge is 2.57. The second-order valence-corrected chi connectivity index (χ2v) is 8.45. The molecule has 0 N–H and O–H groups in total. The Morgan fingerprint density at radius 1 is 0.667 bits per heavy atom. The number of rotatable bonds is 0. The topological polar surface area (TPSA) is 0 Å². The van der Waals surface area contributed by atoms with Crippen LogP contribution in [0, 0.1) is 53.3 Å². The average molecular weight is 246 g/mol. The monoisotopic (exact) mass is 246 g/mol. The maximum atomic E-state index is 2.56. The minimum atomic E-state index is 1.04. The van der Waals surface area contributed by atoms with Gasteiger partial charge in [-0.3, -0.25) is 0 Å². The van der Waals surface area contributed by atoms with Crippen LogP contribution in [0.2, 0.25) is 0 Å². The lowest BCUT2D eigenvalue weighted by Crippen LogP contribution is -2.47. The van der Waals surface area contributed by atoms with E-state index in [2.05, 4.69) is 20.8 Å². The van der Waals surface area contributed by atoms with E-state index >= 15 is 0 Å². The molecule has 0 aromatic rings. The van der Waals surface area contributed by atoms with Gasteiger partial charge in [0, 0.05) is 0 Å². The first kappa shape index (κ1) is 11.8. The number of hydrogen-bond acceptors (Lipinski definition) is 0. The Morgan fingerprint density at radius 2 is 1.44 bits per heavy atom. The Hall–Kier alpha value is 0. The van der Waals surface area contributed by atoms with Crippen LogP contribution in [0.5, 0.6) is 0 Å². The van der Waals surface area contributed by atoms with Crippen molar-refractivity contribution in [1.82, 2.24) is 0 Å². The fourth-order valence-electron chi connectivity index (χ4n) is 7.04. The molecule has 0 saturated heterocycles. The van der Waals surface area contributed by atoms with Gasteiger partial charge >= 0.3 is 0 Å². The van der Waals surface area contributed by atoms with Crippen molar-refractivity contribution in [3.8, 4) is 0 Å². The van der Waals surface area contributed by atoms with E-state index in [1.165, 1.54) is 0 Å². The van der Waals surface area contributed by atoms with Gasteiger partial charge < -0.3 is 0 Å². The first-order chi connectivity index (χ1) is 8.66. The fourth-order valence-corrected chi connectivity index (χ4v) is 7.04. The summed E-state index contributed by atoms with van der Waals surface area (Å²) in [6, 6.07) is 0. The van der Waals surface area contributed by atoms with Crippen LogP contribution in [0.15, 0.2) is 0 Å². The smallest absolute Gasteiger partial charge is 0.0323 e. The molecule has 0 aromatic heterocycles. The molecule has 102 valence electrons. The normalized spacial score (nSPS) is 62.5. The van der Waals surface area contributed by atoms with Crippen LogP contribution in [0.1, 0.15) is 59.3 Å². The van der Waals surface area contributed by atoms with Gasteiger partial charge in [-0.2, -0.15) is 0 Å². The number of hydrogen-bond donors (Lipinski definition) is 0. The van der Waals surface area contributed by atoms with Crippen molar-refractivity contribution in [2.45, 2.75) is 59.3 Å². The maximum Gasteiger partial charge on any atom is -0.0323 e. The van der Waals surface area contributed by atoms with Gasteiger partial charge in [-0.1, -0.05) is 27.2 Å². The summed E-state index contributed by atoms with van der Waals surface area (Å²) in [5.41, 5.74) is 0. The molecule has 0 heterocycles. The Balaban J connectivity index is 1.59. The Kier molecular flexibility index (Phi) is 2.62. The van der Waals surface area contributed by atoms with Crippen molar-refractivity contribution in [3.05, 3.63) is 0 Å². The van der Waals surface area contributed by atoms with Gasteiger partial charge in [0.25, 0.3) is 0 Å². The molecule has 0 radical (unpaired) electrons. The SMILES string of the molecule is CC1CC2CC3C(CCCC4C3C(C)[C@H]4C)C2C1. The van der Waals surface area contributed by atoms with Crippen molar-refractivity contribution in [2.75, 3.05) is 0 Å². The maximum absolute atomic E-state index is 2.56. The molecule has 4 saturated carbocycles. The highest BCUT2D eigenvalue weighted by Crippen LogP contribution is 2.64. The zero-order valence-electron chi connectivity index (χ0n) is 12.4. The van der Waals surface area contributed by atoms with Gasteiger partial charge in [0.15, 0.2) is 0 Å². The van der Waals surface area contributed by atoms with E-state index in [0.717, 1.165) is 53.3 Å². The van der Waals surface area contributed by atoms with Gasteiger partial charge in [-0.05, 0) is 85.4 Å². The van der Waals surface area contributed by atoms with Crippen LogP contribution < -0.4 is 0 Å². The predicted octanol–water partition coefficient (Wildman–Crippen LogP) is 4.99. The van der Waals surface area contributed by atoms with Crippen molar-refractivity contribution in [2.24, 2.45) is 53.3 Å². The summed E-state index contributed by atoms with van der Waals surface area (Å²) < 4.78 is 0. The second-order valence-electron chi connectivity index (χ2n) is 8.45. The van der Waals surface area contributed by atoms with E-state index < -0.39 is 0 Å². The van der Waals surface area contributed by atoms with Crippen molar-refractivity contribution in [1.29, 1.82) is 0 Å². The van der Waals surface area contributed by atoms with Gasteiger partial charge in [0.2, 0.25) is 0 Å². The first-order valence-corrected chi connectivity index (χ1v) is 8.66. The summed E-state index contributed by atoms with van der Waals surface area (Å²) in [7, 11) is 0.